The van der Waals surface area contributed by atoms with Gasteiger partial charge in [-0.25, -0.2) is 14.4 Å². The summed E-state index contributed by atoms with van der Waals surface area (Å²) in [5.41, 5.74) is 0.678. The Morgan fingerprint density at radius 1 is 1.33 bits per heavy atom. The van der Waals surface area contributed by atoms with Crippen LogP contribution in [0.4, 0.5) is 9.80 Å². The first-order chi connectivity index (χ1) is 9.77. The SMILES string of the molecule is CCOC(=O)C(C)NC(=O)Nc1sc(C)c(C)c1C(=O)O. The van der Waals surface area contributed by atoms with Crippen molar-refractivity contribution in [3.05, 3.63) is 16.0 Å². The number of carbonyl (C=O) groups is 3. The lowest BCUT2D eigenvalue weighted by Crippen LogP contribution is -2.41. The van der Waals surface area contributed by atoms with Crippen molar-refractivity contribution in [1.82, 2.24) is 5.32 Å². The second-order valence-electron chi connectivity index (χ2n) is 4.36. The van der Waals surface area contributed by atoms with Gasteiger partial charge in [-0.05, 0) is 33.3 Å². The highest BCUT2D eigenvalue weighted by Gasteiger charge is 2.22. The quantitative estimate of drug-likeness (QED) is 0.722. The molecule has 7 nitrogen and oxygen atoms in total. The lowest BCUT2D eigenvalue weighted by atomic mass is 10.1. The summed E-state index contributed by atoms with van der Waals surface area (Å²) in [6.07, 6.45) is 0. The topological polar surface area (TPSA) is 105 Å². The number of carbonyl (C=O) groups excluding carboxylic acids is 2. The third-order valence-corrected chi connectivity index (χ3v) is 3.94. The van der Waals surface area contributed by atoms with Crippen LogP contribution in [0.15, 0.2) is 0 Å². The number of hydrogen-bond donors (Lipinski definition) is 3. The number of anilines is 1. The maximum absolute atomic E-state index is 11.8. The Morgan fingerprint density at radius 2 is 1.95 bits per heavy atom. The number of aryl methyl sites for hydroxylation is 1. The molecule has 0 fully saturated rings. The highest BCUT2D eigenvalue weighted by Crippen LogP contribution is 2.32. The molecule has 1 heterocycles. The van der Waals surface area contributed by atoms with Gasteiger partial charge in [0.1, 0.15) is 11.0 Å². The monoisotopic (exact) mass is 314 g/mol. The first kappa shape index (κ1) is 17.0. The summed E-state index contributed by atoms with van der Waals surface area (Å²) in [4.78, 5) is 35.2. The Hall–Kier alpha value is -2.09. The van der Waals surface area contributed by atoms with Gasteiger partial charge in [-0.3, -0.25) is 5.32 Å². The van der Waals surface area contributed by atoms with Gasteiger partial charge in [0, 0.05) is 4.88 Å². The zero-order valence-corrected chi connectivity index (χ0v) is 13.1. The minimum Gasteiger partial charge on any atom is -0.478 e. The molecular formula is C13H18N2O5S. The third-order valence-electron chi connectivity index (χ3n) is 2.81. The van der Waals surface area contributed by atoms with E-state index < -0.39 is 24.0 Å². The number of urea groups is 1. The molecule has 0 aliphatic rings. The van der Waals surface area contributed by atoms with E-state index in [0.717, 1.165) is 4.88 Å². The molecule has 116 valence electrons. The van der Waals surface area contributed by atoms with Crippen LogP contribution in [0.3, 0.4) is 0 Å². The Bertz CT molecular complexity index is 567. The summed E-state index contributed by atoms with van der Waals surface area (Å²) < 4.78 is 4.77. The molecule has 0 saturated carbocycles. The van der Waals surface area contributed by atoms with Crippen LogP contribution in [0.5, 0.6) is 0 Å². The zero-order valence-electron chi connectivity index (χ0n) is 12.3. The van der Waals surface area contributed by atoms with Crippen LogP contribution in [0.2, 0.25) is 0 Å². The maximum atomic E-state index is 11.8. The number of carboxylic acid groups (broad SMARTS) is 1. The minimum atomic E-state index is -1.11. The molecule has 0 spiro atoms. The largest absolute Gasteiger partial charge is 0.478 e. The molecule has 0 aromatic carbocycles. The van der Waals surface area contributed by atoms with E-state index in [1.165, 1.54) is 18.3 Å². The number of aromatic carboxylic acids is 1. The van der Waals surface area contributed by atoms with Gasteiger partial charge >= 0.3 is 18.0 Å². The maximum Gasteiger partial charge on any atom is 0.338 e. The minimum absolute atomic E-state index is 0.0661. The smallest absolute Gasteiger partial charge is 0.338 e. The highest BCUT2D eigenvalue weighted by atomic mass is 32.1. The van der Waals surface area contributed by atoms with Crippen molar-refractivity contribution < 1.29 is 24.2 Å². The van der Waals surface area contributed by atoms with Gasteiger partial charge in [-0.1, -0.05) is 0 Å². The number of esters is 1. The van der Waals surface area contributed by atoms with Crippen LogP contribution in [0.25, 0.3) is 0 Å². The average molecular weight is 314 g/mol. The summed E-state index contributed by atoms with van der Waals surface area (Å²) in [7, 11) is 0. The molecule has 3 N–H and O–H groups in total. The van der Waals surface area contributed by atoms with Gasteiger partial charge in [0.15, 0.2) is 0 Å². The van der Waals surface area contributed by atoms with Gasteiger partial charge in [0.2, 0.25) is 0 Å². The van der Waals surface area contributed by atoms with Gasteiger partial charge in [-0.2, -0.15) is 0 Å². The van der Waals surface area contributed by atoms with Crippen LogP contribution < -0.4 is 10.6 Å². The highest BCUT2D eigenvalue weighted by molar-refractivity contribution is 7.16. The lowest BCUT2D eigenvalue weighted by Gasteiger charge is -2.13. The van der Waals surface area contributed by atoms with E-state index in [9.17, 15) is 19.5 Å². The van der Waals surface area contributed by atoms with Gasteiger partial charge < -0.3 is 15.2 Å². The van der Waals surface area contributed by atoms with Crippen molar-refractivity contribution in [1.29, 1.82) is 0 Å². The Kier molecular flexibility index (Phi) is 5.71. The summed E-state index contributed by atoms with van der Waals surface area (Å²) in [5, 5.41) is 14.3. The molecule has 1 aromatic rings. The second-order valence-corrected chi connectivity index (χ2v) is 5.59. The van der Waals surface area contributed by atoms with E-state index >= 15 is 0 Å². The van der Waals surface area contributed by atoms with Crippen molar-refractivity contribution >= 4 is 34.3 Å². The second kappa shape index (κ2) is 7.07. The van der Waals surface area contributed by atoms with Crippen molar-refractivity contribution in [2.75, 3.05) is 11.9 Å². The molecule has 1 unspecified atom stereocenters. The normalized spacial score (nSPS) is 11.6. The fraction of sp³-hybridized carbons (Fsp3) is 0.462. The predicted octanol–water partition coefficient (Wildman–Crippen LogP) is 2.14. The number of hydrogen-bond acceptors (Lipinski definition) is 5. The molecule has 1 atom stereocenters. The molecule has 1 aromatic heterocycles. The zero-order chi connectivity index (χ0) is 16.2. The molecule has 21 heavy (non-hydrogen) atoms. The Labute approximate surface area is 126 Å². The molecule has 0 aliphatic heterocycles. The number of rotatable bonds is 5. The van der Waals surface area contributed by atoms with E-state index in [1.807, 2.05) is 0 Å². The molecule has 2 amide bonds. The summed E-state index contributed by atoms with van der Waals surface area (Å²) >= 11 is 1.17. The van der Waals surface area contributed by atoms with E-state index in [0.29, 0.717) is 5.56 Å². The van der Waals surface area contributed by atoms with Gasteiger partial charge in [0.05, 0.1) is 12.2 Å². The average Bonchev–Trinajstić information content (AvgIpc) is 2.64. The van der Waals surface area contributed by atoms with Gasteiger partial charge in [0.25, 0.3) is 0 Å². The van der Waals surface area contributed by atoms with E-state index in [1.54, 1.807) is 20.8 Å². The molecule has 1 rings (SSSR count). The first-order valence-electron chi connectivity index (χ1n) is 6.35. The fourth-order valence-corrected chi connectivity index (χ4v) is 2.68. The lowest BCUT2D eigenvalue weighted by molar-refractivity contribution is -0.144. The fourth-order valence-electron chi connectivity index (χ4n) is 1.63. The van der Waals surface area contributed by atoms with Crippen molar-refractivity contribution in [2.24, 2.45) is 0 Å². The Balaban J connectivity index is 2.78. The van der Waals surface area contributed by atoms with Crippen LogP contribution >= 0.6 is 11.3 Å². The van der Waals surface area contributed by atoms with Crippen molar-refractivity contribution in [2.45, 2.75) is 33.7 Å². The number of thiophene rings is 1. The van der Waals surface area contributed by atoms with Crippen LogP contribution in [0, 0.1) is 13.8 Å². The number of nitrogens with one attached hydrogen (secondary N) is 2. The van der Waals surface area contributed by atoms with E-state index in [2.05, 4.69) is 10.6 Å². The van der Waals surface area contributed by atoms with Crippen LogP contribution in [0.1, 0.15) is 34.6 Å². The summed E-state index contributed by atoms with van der Waals surface area (Å²) in [6.45, 7) is 6.83. The van der Waals surface area contributed by atoms with Crippen molar-refractivity contribution in [3.63, 3.8) is 0 Å². The molecule has 0 radical (unpaired) electrons. The standard InChI is InChI=1S/C13H18N2O5S/c1-5-20-12(18)7(3)14-13(19)15-10-9(11(16)17)6(2)8(4)21-10/h7H,5H2,1-4H3,(H,16,17)(H2,14,15,19). The van der Waals surface area contributed by atoms with Crippen molar-refractivity contribution in [3.8, 4) is 0 Å². The summed E-state index contributed by atoms with van der Waals surface area (Å²) in [5.74, 6) is -1.66. The third kappa shape index (κ3) is 4.19. The first-order valence-corrected chi connectivity index (χ1v) is 7.17. The predicted molar refractivity (Wildman–Crippen MR) is 79.0 cm³/mol. The molecular weight excluding hydrogens is 296 g/mol. The summed E-state index contributed by atoms with van der Waals surface area (Å²) in [6, 6.07) is -1.47. The van der Waals surface area contributed by atoms with Gasteiger partial charge in [-0.15, -0.1) is 11.3 Å². The van der Waals surface area contributed by atoms with E-state index in [4.69, 9.17) is 4.74 Å². The Morgan fingerprint density at radius 3 is 2.48 bits per heavy atom. The van der Waals surface area contributed by atoms with Crippen LogP contribution in [-0.4, -0.2) is 35.7 Å². The number of amides is 2. The number of ether oxygens (including phenoxy) is 1. The molecule has 0 bridgehead atoms. The number of carboxylic acids is 1. The van der Waals surface area contributed by atoms with E-state index in [-0.39, 0.29) is 17.2 Å². The van der Waals surface area contributed by atoms with Crippen LogP contribution in [-0.2, 0) is 9.53 Å². The molecule has 0 saturated heterocycles. The molecule has 0 aliphatic carbocycles. The molecule has 8 heteroatoms.